The van der Waals surface area contributed by atoms with Crippen molar-refractivity contribution in [3.63, 3.8) is 0 Å². The molecular formula is C40H52ClN5OSi. The average Bonchev–Trinajstić information content (AvgIpc) is 3.06. The van der Waals surface area contributed by atoms with Crippen LogP contribution in [0.5, 0.6) is 0 Å². The Labute approximate surface area is 294 Å². The van der Waals surface area contributed by atoms with Crippen LogP contribution in [0.2, 0.25) is 10.3 Å². The van der Waals surface area contributed by atoms with E-state index in [1.165, 1.54) is 21.5 Å². The molecule has 1 unspecified atom stereocenters. The minimum absolute atomic E-state index is 0.0652. The molecule has 1 aromatic heterocycles. The fourth-order valence-electron chi connectivity index (χ4n) is 7.75. The molecule has 1 fully saturated rings. The third-order valence-electron chi connectivity index (χ3n) is 10.2. The van der Waals surface area contributed by atoms with Crippen LogP contribution in [0.25, 0.3) is 0 Å². The van der Waals surface area contributed by atoms with Crippen LogP contribution in [-0.4, -0.2) is 72.5 Å². The van der Waals surface area contributed by atoms with Crippen molar-refractivity contribution >= 4 is 36.1 Å². The first-order valence-corrected chi connectivity index (χ1v) is 19.8. The second-order valence-electron chi connectivity index (χ2n) is 15.5. The molecule has 1 saturated heterocycles. The Kier molecular flexibility index (Phi) is 10.4. The van der Waals surface area contributed by atoms with E-state index in [-0.39, 0.29) is 16.6 Å². The predicted octanol–water partition coefficient (Wildman–Crippen LogP) is 6.94. The topological polar surface area (TPSA) is 44.7 Å². The van der Waals surface area contributed by atoms with E-state index in [0.29, 0.717) is 11.9 Å². The summed E-state index contributed by atoms with van der Waals surface area (Å²) in [5.41, 5.74) is 3.71. The summed E-state index contributed by atoms with van der Waals surface area (Å²) in [6.07, 6.45) is 1.81. The Balaban J connectivity index is 1.29. The fourth-order valence-corrected chi connectivity index (χ4v) is 12.5. The Morgan fingerprint density at radius 1 is 0.792 bits per heavy atom. The second kappa shape index (κ2) is 14.4. The first-order chi connectivity index (χ1) is 23.0. The molecule has 3 heterocycles. The molecule has 0 N–H and O–H groups in total. The van der Waals surface area contributed by atoms with Gasteiger partial charge >= 0.3 is 0 Å². The van der Waals surface area contributed by atoms with Gasteiger partial charge in [-0.15, -0.1) is 0 Å². The fraction of sp³-hybridized carbons (Fsp3) is 0.450. The van der Waals surface area contributed by atoms with Crippen molar-refractivity contribution in [1.29, 1.82) is 0 Å². The molecule has 48 heavy (non-hydrogen) atoms. The van der Waals surface area contributed by atoms with Gasteiger partial charge in [0.05, 0.1) is 5.69 Å². The van der Waals surface area contributed by atoms with Crippen LogP contribution in [0.1, 0.15) is 64.8 Å². The number of nitrogens with zero attached hydrogens (tertiary/aromatic N) is 5. The van der Waals surface area contributed by atoms with Gasteiger partial charge in [-0.3, -0.25) is 9.80 Å². The maximum absolute atomic E-state index is 7.41. The normalized spacial score (nSPS) is 18.1. The van der Waals surface area contributed by atoms with E-state index in [9.17, 15) is 0 Å². The van der Waals surface area contributed by atoms with E-state index >= 15 is 0 Å². The van der Waals surface area contributed by atoms with Crippen molar-refractivity contribution in [3.8, 4) is 0 Å². The summed E-state index contributed by atoms with van der Waals surface area (Å²) in [6, 6.07) is 32.8. The summed E-state index contributed by atoms with van der Waals surface area (Å²) in [6.45, 7) is 20.2. The minimum Gasteiger partial charge on any atom is -0.407 e. The van der Waals surface area contributed by atoms with E-state index in [1.807, 2.05) is 0 Å². The lowest BCUT2D eigenvalue weighted by molar-refractivity contribution is 0.101. The van der Waals surface area contributed by atoms with E-state index in [2.05, 4.69) is 147 Å². The van der Waals surface area contributed by atoms with Gasteiger partial charge in [-0.2, -0.15) is 0 Å². The van der Waals surface area contributed by atoms with Gasteiger partial charge in [-0.1, -0.05) is 112 Å². The van der Waals surface area contributed by atoms with Crippen molar-refractivity contribution in [2.45, 2.75) is 84.1 Å². The molecule has 2 aliphatic heterocycles. The summed E-state index contributed by atoms with van der Waals surface area (Å²) >= 11 is 6.71. The summed E-state index contributed by atoms with van der Waals surface area (Å²) < 4.78 is 7.41. The number of benzene rings is 3. The molecule has 4 aromatic rings. The van der Waals surface area contributed by atoms with Crippen molar-refractivity contribution in [2.75, 3.05) is 37.7 Å². The van der Waals surface area contributed by atoms with Crippen LogP contribution in [-0.2, 0) is 23.9 Å². The predicted molar refractivity (Wildman–Crippen MR) is 202 cm³/mol. The quantitative estimate of drug-likeness (QED) is 0.141. The number of piperazine rings is 1. The molecule has 8 heteroatoms. The van der Waals surface area contributed by atoms with Crippen molar-refractivity contribution in [3.05, 3.63) is 113 Å². The average molecular weight is 682 g/mol. The molecule has 0 bridgehead atoms. The third-order valence-corrected chi connectivity index (χ3v) is 15.4. The number of aromatic nitrogens is 2. The molecule has 0 saturated carbocycles. The molecule has 3 aromatic carbocycles. The van der Waals surface area contributed by atoms with Crippen LogP contribution in [0, 0.1) is 0 Å². The van der Waals surface area contributed by atoms with Crippen LogP contribution < -0.4 is 15.3 Å². The van der Waals surface area contributed by atoms with Crippen molar-refractivity contribution < 1.29 is 4.43 Å². The van der Waals surface area contributed by atoms with Crippen LogP contribution >= 0.6 is 11.6 Å². The first kappa shape index (κ1) is 34.8. The summed E-state index contributed by atoms with van der Waals surface area (Å²) in [4.78, 5) is 17.4. The van der Waals surface area contributed by atoms with Gasteiger partial charge in [0, 0.05) is 63.0 Å². The van der Waals surface area contributed by atoms with E-state index in [1.54, 1.807) is 0 Å². The smallest absolute Gasteiger partial charge is 0.261 e. The van der Waals surface area contributed by atoms with E-state index in [4.69, 9.17) is 26.0 Å². The standard InChI is InChI=1S/C40H52ClN5OSi/c1-39(2,3)45-25-26-46(37-35-22-24-44(28-31-16-10-7-11-17-31)30-36(35)42-38(41)43-37)32(29-45)23-27-47-48(40(4,5)6,33-18-12-8-13-19-33)34-20-14-9-15-21-34/h7-21,32H,22-30H2,1-6H3. The zero-order valence-corrected chi connectivity index (χ0v) is 31.4. The number of rotatable bonds is 9. The second-order valence-corrected chi connectivity index (χ2v) is 20.1. The number of hydrogen-bond acceptors (Lipinski definition) is 6. The third kappa shape index (κ3) is 7.41. The number of hydrogen-bond donors (Lipinski definition) is 0. The lowest BCUT2D eigenvalue weighted by Crippen LogP contribution is -2.67. The lowest BCUT2D eigenvalue weighted by atomic mass is 9.98. The zero-order chi connectivity index (χ0) is 33.9. The number of anilines is 1. The lowest BCUT2D eigenvalue weighted by Gasteiger charge is -2.48. The van der Waals surface area contributed by atoms with Crippen molar-refractivity contribution in [2.24, 2.45) is 0 Å². The van der Waals surface area contributed by atoms with Crippen LogP contribution in [0.4, 0.5) is 5.82 Å². The molecule has 1 atom stereocenters. The maximum Gasteiger partial charge on any atom is 0.261 e. The van der Waals surface area contributed by atoms with E-state index < -0.39 is 8.32 Å². The molecule has 0 spiro atoms. The molecule has 254 valence electrons. The molecule has 0 aliphatic carbocycles. The van der Waals surface area contributed by atoms with Crippen LogP contribution in [0.15, 0.2) is 91.0 Å². The SMILES string of the molecule is CC(C)(C)N1CCN(c2nc(Cl)nc3c2CCN(Cc2ccccc2)C3)C(CCO[Si](c2ccccc2)(c2ccccc2)C(C)(C)C)C1. The van der Waals surface area contributed by atoms with Crippen molar-refractivity contribution in [1.82, 2.24) is 19.8 Å². The number of halogens is 1. The van der Waals surface area contributed by atoms with E-state index in [0.717, 1.165) is 63.6 Å². The monoisotopic (exact) mass is 681 g/mol. The van der Waals surface area contributed by atoms with Gasteiger partial charge in [0.25, 0.3) is 8.32 Å². The van der Waals surface area contributed by atoms with Gasteiger partial charge < -0.3 is 9.33 Å². The highest BCUT2D eigenvalue weighted by Crippen LogP contribution is 2.38. The zero-order valence-electron chi connectivity index (χ0n) is 29.6. The largest absolute Gasteiger partial charge is 0.407 e. The molecule has 6 nitrogen and oxygen atoms in total. The Morgan fingerprint density at radius 2 is 1.40 bits per heavy atom. The van der Waals surface area contributed by atoms with Gasteiger partial charge in [-0.05, 0) is 66.2 Å². The minimum atomic E-state index is -2.65. The first-order valence-electron chi connectivity index (χ1n) is 17.5. The van der Waals surface area contributed by atoms with Gasteiger partial charge in [0.2, 0.25) is 5.28 Å². The molecule has 6 rings (SSSR count). The molecular weight excluding hydrogens is 630 g/mol. The Bertz CT molecular complexity index is 1600. The molecule has 0 amide bonds. The molecule has 0 radical (unpaired) electrons. The Morgan fingerprint density at radius 3 is 1.98 bits per heavy atom. The number of fused-ring (bicyclic) bond motifs is 1. The van der Waals surface area contributed by atoms with Gasteiger partial charge in [0.15, 0.2) is 0 Å². The van der Waals surface area contributed by atoms with Gasteiger partial charge in [-0.25, -0.2) is 9.97 Å². The summed E-state index contributed by atoms with van der Waals surface area (Å²) in [5.74, 6) is 1.02. The highest BCUT2D eigenvalue weighted by Gasteiger charge is 2.50. The van der Waals surface area contributed by atoms with Gasteiger partial charge in [0.1, 0.15) is 5.82 Å². The highest BCUT2D eigenvalue weighted by atomic mass is 35.5. The summed E-state index contributed by atoms with van der Waals surface area (Å²) in [7, 11) is -2.65. The Hall–Kier alpha value is -3.07. The van der Waals surface area contributed by atoms with Crippen LogP contribution in [0.3, 0.4) is 0 Å². The maximum atomic E-state index is 7.41. The highest BCUT2D eigenvalue weighted by molar-refractivity contribution is 6.99. The summed E-state index contributed by atoms with van der Waals surface area (Å²) in [5, 5.41) is 2.91. The molecule has 2 aliphatic rings.